The average Bonchev–Trinajstić information content (AvgIpc) is 2.45. The van der Waals surface area contributed by atoms with Crippen molar-refractivity contribution in [2.24, 2.45) is 0 Å². The van der Waals surface area contributed by atoms with Crippen LogP contribution < -0.4 is 4.74 Å². The summed E-state index contributed by atoms with van der Waals surface area (Å²) in [5.74, 6) is 0.810. The Bertz CT molecular complexity index is 473. The highest BCUT2D eigenvalue weighted by Gasteiger charge is 2.44. The van der Waals surface area contributed by atoms with Gasteiger partial charge in [0.05, 0.1) is 5.54 Å². The third kappa shape index (κ3) is 2.30. The molecule has 2 atom stereocenters. The molecule has 1 N–H and O–H groups in total. The molecular formula is C15H20BrNO2. The van der Waals surface area contributed by atoms with Gasteiger partial charge in [-0.05, 0) is 51.1 Å². The van der Waals surface area contributed by atoms with Gasteiger partial charge in [0.25, 0.3) is 0 Å². The van der Waals surface area contributed by atoms with Gasteiger partial charge in [-0.3, -0.25) is 4.90 Å². The van der Waals surface area contributed by atoms with Crippen molar-refractivity contribution in [2.75, 3.05) is 19.7 Å². The summed E-state index contributed by atoms with van der Waals surface area (Å²) in [6, 6.07) is 5.86. The summed E-state index contributed by atoms with van der Waals surface area (Å²) >= 11 is 3.47. The SMILES string of the molecule is C[C@]1(N2CCCCC2)COc2ccc(Br)cc2[C@@H]1O. The highest BCUT2D eigenvalue weighted by atomic mass is 79.9. The van der Waals surface area contributed by atoms with E-state index in [2.05, 4.69) is 27.8 Å². The van der Waals surface area contributed by atoms with Crippen molar-refractivity contribution in [3.05, 3.63) is 28.2 Å². The molecule has 0 amide bonds. The van der Waals surface area contributed by atoms with Crippen LogP contribution in [0.15, 0.2) is 22.7 Å². The molecule has 3 nitrogen and oxygen atoms in total. The summed E-state index contributed by atoms with van der Waals surface area (Å²) in [6.07, 6.45) is 3.24. The van der Waals surface area contributed by atoms with Crippen molar-refractivity contribution in [2.45, 2.75) is 37.8 Å². The van der Waals surface area contributed by atoms with Gasteiger partial charge in [0.1, 0.15) is 18.5 Å². The fraction of sp³-hybridized carbons (Fsp3) is 0.600. The number of aliphatic hydroxyl groups is 1. The van der Waals surface area contributed by atoms with Gasteiger partial charge >= 0.3 is 0 Å². The molecule has 19 heavy (non-hydrogen) atoms. The summed E-state index contributed by atoms with van der Waals surface area (Å²) < 4.78 is 6.88. The fourth-order valence-electron chi connectivity index (χ4n) is 3.17. The van der Waals surface area contributed by atoms with Crippen LogP contribution in [-0.2, 0) is 0 Å². The summed E-state index contributed by atoms with van der Waals surface area (Å²) in [5, 5.41) is 10.8. The van der Waals surface area contributed by atoms with E-state index in [1.165, 1.54) is 19.3 Å². The van der Waals surface area contributed by atoms with Crippen LogP contribution in [0.1, 0.15) is 37.9 Å². The molecule has 1 aromatic carbocycles. The van der Waals surface area contributed by atoms with E-state index in [-0.39, 0.29) is 5.54 Å². The van der Waals surface area contributed by atoms with Crippen molar-refractivity contribution >= 4 is 15.9 Å². The molecule has 0 unspecified atom stereocenters. The number of piperidine rings is 1. The molecule has 2 aliphatic heterocycles. The van der Waals surface area contributed by atoms with Gasteiger partial charge in [-0.25, -0.2) is 0 Å². The summed E-state index contributed by atoms with van der Waals surface area (Å²) in [4.78, 5) is 2.39. The van der Waals surface area contributed by atoms with Crippen LogP contribution >= 0.6 is 15.9 Å². The first kappa shape index (κ1) is 13.4. The Hall–Kier alpha value is -0.580. The molecule has 0 aliphatic carbocycles. The Balaban J connectivity index is 1.92. The largest absolute Gasteiger partial charge is 0.491 e. The van der Waals surface area contributed by atoms with E-state index in [9.17, 15) is 5.11 Å². The van der Waals surface area contributed by atoms with Crippen LogP contribution in [0.3, 0.4) is 0 Å². The van der Waals surface area contributed by atoms with E-state index in [1.54, 1.807) is 0 Å². The molecule has 0 saturated carbocycles. The quantitative estimate of drug-likeness (QED) is 0.861. The molecule has 1 aromatic rings. The minimum absolute atomic E-state index is 0.311. The Morgan fingerprint density at radius 3 is 2.79 bits per heavy atom. The number of hydrogen-bond acceptors (Lipinski definition) is 3. The molecule has 104 valence electrons. The van der Waals surface area contributed by atoms with Crippen LogP contribution in [-0.4, -0.2) is 35.2 Å². The normalized spacial score (nSPS) is 31.6. The average molecular weight is 326 g/mol. The second kappa shape index (κ2) is 5.08. The van der Waals surface area contributed by atoms with E-state index >= 15 is 0 Å². The van der Waals surface area contributed by atoms with Crippen LogP contribution in [0.2, 0.25) is 0 Å². The topological polar surface area (TPSA) is 32.7 Å². The molecule has 1 fully saturated rings. The van der Waals surface area contributed by atoms with Gasteiger partial charge in [-0.1, -0.05) is 22.4 Å². The van der Waals surface area contributed by atoms with Gasteiger partial charge < -0.3 is 9.84 Å². The molecule has 1 saturated heterocycles. The first-order valence-corrected chi connectivity index (χ1v) is 7.76. The number of likely N-dealkylation sites (tertiary alicyclic amines) is 1. The van der Waals surface area contributed by atoms with Gasteiger partial charge in [-0.2, -0.15) is 0 Å². The van der Waals surface area contributed by atoms with Crippen molar-refractivity contribution in [1.29, 1.82) is 0 Å². The predicted molar refractivity (Wildman–Crippen MR) is 78.4 cm³/mol. The predicted octanol–water partition coefficient (Wildman–Crippen LogP) is 3.12. The molecule has 0 radical (unpaired) electrons. The van der Waals surface area contributed by atoms with Crippen molar-refractivity contribution in [3.63, 3.8) is 0 Å². The third-order valence-corrected chi connectivity index (χ3v) is 4.95. The number of nitrogens with zero attached hydrogens (tertiary/aromatic N) is 1. The Morgan fingerprint density at radius 1 is 1.32 bits per heavy atom. The number of fused-ring (bicyclic) bond motifs is 1. The highest BCUT2D eigenvalue weighted by molar-refractivity contribution is 9.10. The molecule has 2 heterocycles. The second-order valence-corrected chi connectivity index (χ2v) is 6.69. The summed E-state index contributed by atoms with van der Waals surface area (Å²) in [5.41, 5.74) is 0.586. The molecule has 0 bridgehead atoms. The Labute approximate surface area is 122 Å². The summed E-state index contributed by atoms with van der Waals surface area (Å²) in [6.45, 7) is 4.79. The fourth-order valence-corrected chi connectivity index (χ4v) is 3.55. The molecule has 3 rings (SSSR count). The van der Waals surface area contributed by atoms with Gasteiger partial charge in [-0.15, -0.1) is 0 Å². The second-order valence-electron chi connectivity index (χ2n) is 5.78. The van der Waals surface area contributed by atoms with E-state index in [4.69, 9.17) is 4.74 Å². The Morgan fingerprint density at radius 2 is 2.05 bits per heavy atom. The van der Waals surface area contributed by atoms with Gasteiger partial charge in [0.2, 0.25) is 0 Å². The standard InChI is InChI=1S/C15H20BrNO2/c1-15(17-7-3-2-4-8-17)10-19-13-6-5-11(16)9-12(13)14(15)18/h5-6,9,14,18H,2-4,7-8,10H2,1H3/t14-,15-/m0/s1. The van der Waals surface area contributed by atoms with E-state index in [0.717, 1.165) is 28.9 Å². The van der Waals surface area contributed by atoms with Crippen LogP contribution in [0, 0.1) is 0 Å². The monoisotopic (exact) mass is 325 g/mol. The zero-order chi connectivity index (χ0) is 13.5. The molecule has 0 spiro atoms. The van der Waals surface area contributed by atoms with Crippen molar-refractivity contribution < 1.29 is 9.84 Å². The minimum Gasteiger partial charge on any atom is -0.491 e. The number of rotatable bonds is 1. The summed E-state index contributed by atoms with van der Waals surface area (Å²) in [7, 11) is 0. The van der Waals surface area contributed by atoms with Crippen LogP contribution in [0.5, 0.6) is 5.75 Å². The van der Waals surface area contributed by atoms with Crippen molar-refractivity contribution in [3.8, 4) is 5.75 Å². The maximum absolute atomic E-state index is 10.8. The minimum atomic E-state index is -0.494. The van der Waals surface area contributed by atoms with Crippen LogP contribution in [0.4, 0.5) is 0 Å². The lowest BCUT2D eigenvalue weighted by atomic mass is 9.84. The number of ether oxygens (including phenoxy) is 1. The third-order valence-electron chi connectivity index (χ3n) is 4.45. The lowest BCUT2D eigenvalue weighted by molar-refractivity contribution is -0.0713. The molecule has 4 heteroatoms. The number of hydrogen-bond donors (Lipinski definition) is 1. The molecular weight excluding hydrogens is 306 g/mol. The van der Waals surface area contributed by atoms with E-state index in [1.807, 2.05) is 18.2 Å². The lowest BCUT2D eigenvalue weighted by Crippen LogP contribution is -2.57. The maximum Gasteiger partial charge on any atom is 0.125 e. The number of halogens is 1. The smallest absolute Gasteiger partial charge is 0.125 e. The first-order chi connectivity index (χ1) is 9.11. The van der Waals surface area contributed by atoms with E-state index in [0.29, 0.717) is 6.61 Å². The van der Waals surface area contributed by atoms with Gasteiger partial charge in [0.15, 0.2) is 0 Å². The highest BCUT2D eigenvalue weighted by Crippen LogP contribution is 2.42. The lowest BCUT2D eigenvalue weighted by Gasteiger charge is -2.48. The Kier molecular flexibility index (Phi) is 3.58. The van der Waals surface area contributed by atoms with Crippen LogP contribution in [0.25, 0.3) is 0 Å². The number of benzene rings is 1. The zero-order valence-electron chi connectivity index (χ0n) is 11.2. The van der Waals surface area contributed by atoms with E-state index < -0.39 is 6.10 Å². The number of aliphatic hydroxyl groups excluding tert-OH is 1. The molecule has 2 aliphatic rings. The first-order valence-electron chi connectivity index (χ1n) is 6.96. The zero-order valence-corrected chi connectivity index (χ0v) is 12.8. The molecule has 0 aromatic heterocycles. The van der Waals surface area contributed by atoms with Crippen molar-refractivity contribution in [1.82, 2.24) is 4.90 Å². The van der Waals surface area contributed by atoms with Gasteiger partial charge in [0, 0.05) is 10.0 Å². The maximum atomic E-state index is 10.8.